The minimum atomic E-state index is -0.622. The van der Waals surface area contributed by atoms with Crippen LogP contribution in [0.2, 0.25) is 0 Å². The first-order valence-corrected chi connectivity index (χ1v) is 7.37. The number of rotatable bonds is 2. The Morgan fingerprint density at radius 3 is 1.89 bits per heavy atom. The standard InChI is InChI=1S/C12H20N4OS/c13-10(14)16(11(15)17)18-12-4-7-1-8(5-12)3-9(2-7)6-12/h7-9H,1-6H2,(H3,13,14)(H2,15,17). The molecule has 0 aromatic rings. The van der Waals surface area contributed by atoms with Crippen LogP contribution in [-0.2, 0) is 0 Å². The maximum absolute atomic E-state index is 11.4. The van der Waals surface area contributed by atoms with Gasteiger partial charge in [0.1, 0.15) is 0 Å². The van der Waals surface area contributed by atoms with Gasteiger partial charge in [-0.05, 0) is 68.2 Å². The Balaban J connectivity index is 1.79. The first-order valence-electron chi connectivity index (χ1n) is 6.60. The summed E-state index contributed by atoms with van der Waals surface area (Å²) < 4.78 is 1.28. The molecule has 6 heteroatoms. The second-order valence-electron chi connectivity index (χ2n) is 6.21. The van der Waals surface area contributed by atoms with Crippen LogP contribution in [0, 0.1) is 23.2 Å². The van der Waals surface area contributed by atoms with E-state index in [4.69, 9.17) is 16.9 Å². The zero-order valence-electron chi connectivity index (χ0n) is 10.4. The number of guanidine groups is 1. The van der Waals surface area contributed by atoms with Crippen molar-refractivity contribution >= 4 is 23.9 Å². The molecule has 0 aromatic heterocycles. The predicted molar refractivity (Wildman–Crippen MR) is 71.8 cm³/mol. The number of nitrogens with two attached hydrogens (primary N) is 2. The van der Waals surface area contributed by atoms with Crippen molar-refractivity contribution in [3.05, 3.63) is 0 Å². The molecule has 100 valence electrons. The van der Waals surface area contributed by atoms with E-state index < -0.39 is 6.03 Å². The Hall–Kier alpha value is -0.910. The fourth-order valence-corrected chi connectivity index (χ4v) is 6.06. The van der Waals surface area contributed by atoms with Crippen LogP contribution in [-0.4, -0.2) is 21.0 Å². The third-order valence-corrected chi connectivity index (χ3v) is 6.13. The number of urea groups is 1. The van der Waals surface area contributed by atoms with Crippen molar-refractivity contribution < 1.29 is 4.79 Å². The highest BCUT2D eigenvalue weighted by molar-refractivity contribution is 7.99. The van der Waals surface area contributed by atoms with Crippen molar-refractivity contribution in [2.24, 2.45) is 29.2 Å². The number of carbonyl (C=O) groups excluding carboxylic acids is 1. The number of amides is 2. The molecule has 4 rings (SSSR count). The largest absolute Gasteiger partial charge is 0.369 e. The van der Waals surface area contributed by atoms with Gasteiger partial charge in [-0.25, -0.2) is 9.10 Å². The van der Waals surface area contributed by atoms with Gasteiger partial charge >= 0.3 is 6.03 Å². The van der Waals surface area contributed by atoms with E-state index in [1.165, 1.54) is 35.5 Å². The highest BCUT2D eigenvalue weighted by atomic mass is 32.2. The summed E-state index contributed by atoms with van der Waals surface area (Å²) in [6, 6.07) is -0.622. The molecule has 4 bridgehead atoms. The lowest BCUT2D eigenvalue weighted by atomic mass is 9.56. The summed E-state index contributed by atoms with van der Waals surface area (Å²) in [6.07, 6.45) is 7.53. The molecule has 0 aromatic carbocycles. The second-order valence-corrected chi connectivity index (χ2v) is 7.62. The van der Waals surface area contributed by atoms with Crippen LogP contribution in [0.1, 0.15) is 38.5 Å². The number of hydrogen-bond donors (Lipinski definition) is 3. The number of nitrogens with zero attached hydrogens (tertiary/aromatic N) is 1. The molecule has 18 heavy (non-hydrogen) atoms. The third kappa shape index (κ3) is 1.96. The molecule has 4 fully saturated rings. The highest BCUT2D eigenvalue weighted by Crippen LogP contribution is 2.61. The number of nitrogens with one attached hydrogen (secondary N) is 1. The predicted octanol–water partition coefficient (Wildman–Crippen LogP) is 1.88. The van der Waals surface area contributed by atoms with Crippen LogP contribution in [0.15, 0.2) is 0 Å². The maximum Gasteiger partial charge on any atom is 0.331 e. The summed E-state index contributed by atoms with van der Waals surface area (Å²) in [4.78, 5) is 11.4. The van der Waals surface area contributed by atoms with Gasteiger partial charge in [-0.2, -0.15) is 0 Å². The highest BCUT2D eigenvalue weighted by Gasteiger charge is 2.52. The van der Waals surface area contributed by atoms with Crippen LogP contribution in [0.5, 0.6) is 0 Å². The summed E-state index contributed by atoms with van der Waals surface area (Å²) >= 11 is 1.43. The van der Waals surface area contributed by atoms with Gasteiger partial charge in [-0.1, -0.05) is 0 Å². The summed E-state index contributed by atoms with van der Waals surface area (Å²) in [5.74, 6) is 2.18. The third-order valence-electron chi connectivity index (χ3n) is 4.69. The van der Waals surface area contributed by atoms with E-state index in [0.29, 0.717) is 0 Å². The number of hydrogen-bond acceptors (Lipinski definition) is 3. The molecule has 0 saturated heterocycles. The molecule has 2 amide bonds. The van der Waals surface area contributed by atoms with E-state index in [-0.39, 0.29) is 10.7 Å². The average Bonchev–Trinajstić information content (AvgIpc) is 2.23. The average molecular weight is 268 g/mol. The molecular weight excluding hydrogens is 248 g/mol. The normalized spacial score (nSPS) is 40.8. The van der Waals surface area contributed by atoms with Crippen LogP contribution in [0.4, 0.5) is 4.79 Å². The molecule has 0 radical (unpaired) electrons. The molecule has 5 N–H and O–H groups in total. The van der Waals surface area contributed by atoms with Crippen LogP contribution < -0.4 is 11.5 Å². The van der Waals surface area contributed by atoms with Gasteiger partial charge in [0.25, 0.3) is 0 Å². The molecule has 4 aliphatic carbocycles. The summed E-state index contributed by atoms with van der Waals surface area (Å²) in [6.45, 7) is 0. The van der Waals surface area contributed by atoms with E-state index in [0.717, 1.165) is 37.0 Å². The Bertz CT molecular complexity index is 348. The lowest BCUT2D eigenvalue weighted by Crippen LogP contribution is -2.52. The van der Waals surface area contributed by atoms with Gasteiger partial charge < -0.3 is 11.5 Å². The van der Waals surface area contributed by atoms with Crippen LogP contribution >= 0.6 is 11.9 Å². The van der Waals surface area contributed by atoms with Crippen LogP contribution in [0.3, 0.4) is 0 Å². The summed E-state index contributed by atoms with van der Waals surface area (Å²) in [7, 11) is 0. The van der Waals surface area contributed by atoms with Gasteiger partial charge in [-0.3, -0.25) is 5.41 Å². The first-order chi connectivity index (χ1) is 8.47. The SMILES string of the molecule is N=C(N)N(SC12CC3CC(CC(C3)C1)C2)C(N)=O. The van der Waals surface area contributed by atoms with Crippen LogP contribution in [0.25, 0.3) is 0 Å². The molecule has 0 aliphatic heterocycles. The molecule has 4 saturated carbocycles. The van der Waals surface area contributed by atoms with Crippen molar-refractivity contribution in [2.45, 2.75) is 43.3 Å². The van der Waals surface area contributed by atoms with Gasteiger partial charge in [-0.15, -0.1) is 0 Å². The zero-order valence-corrected chi connectivity index (χ0v) is 11.2. The summed E-state index contributed by atoms with van der Waals surface area (Å²) in [5, 5.41) is 7.47. The van der Waals surface area contributed by atoms with E-state index in [2.05, 4.69) is 0 Å². The van der Waals surface area contributed by atoms with Gasteiger partial charge in [0.05, 0.1) is 0 Å². The lowest BCUT2D eigenvalue weighted by Gasteiger charge is -2.56. The van der Waals surface area contributed by atoms with Gasteiger partial charge in [0.15, 0.2) is 0 Å². The van der Waals surface area contributed by atoms with Crippen molar-refractivity contribution in [1.29, 1.82) is 5.41 Å². The second kappa shape index (κ2) is 4.05. The van der Waals surface area contributed by atoms with Crippen molar-refractivity contribution in [3.8, 4) is 0 Å². The molecule has 0 unspecified atom stereocenters. The Morgan fingerprint density at radius 1 is 1.11 bits per heavy atom. The minimum absolute atomic E-state index is 0.107. The van der Waals surface area contributed by atoms with Crippen molar-refractivity contribution in [1.82, 2.24) is 4.31 Å². The topological polar surface area (TPSA) is 96.2 Å². The minimum Gasteiger partial charge on any atom is -0.369 e. The smallest absolute Gasteiger partial charge is 0.331 e. The lowest BCUT2D eigenvalue weighted by molar-refractivity contribution is 0.0375. The van der Waals surface area contributed by atoms with Gasteiger partial charge in [0, 0.05) is 4.75 Å². The first kappa shape index (κ1) is 12.1. The maximum atomic E-state index is 11.4. The number of carbonyl (C=O) groups is 1. The zero-order chi connectivity index (χ0) is 12.9. The van der Waals surface area contributed by atoms with E-state index >= 15 is 0 Å². The van der Waals surface area contributed by atoms with E-state index in [9.17, 15) is 4.79 Å². The quantitative estimate of drug-likeness (QED) is 0.405. The van der Waals surface area contributed by atoms with Gasteiger partial charge in [0.2, 0.25) is 5.96 Å². The molecule has 0 atom stereocenters. The van der Waals surface area contributed by atoms with Crippen molar-refractivity contribution in [3.63, 3.8) is 0 Å². The fourth-order valence-electron chi connectivity index (χ4n) is 4.55. The van der Waals surface area contributed by atoms with E-state index in [1.54, 1.807) is 0 Å². The summed E-state index contributed by atoms with van der Waals surface area (Å²) in [5.41, 5.74) is 10.8. The molecular formula is C12H20N4OS. The monoisotopic (exact) mass is 268 g/mol. The Labute approximate surface area is 111 Å². The molecule has 0 spiro atoms. The Morgan fingerprint density at radius 2 is 1.56 bits per heavy atom. The number of primary amides is 1. The molecule has 4 aliphatic rings. The fraction of sp³-hybridized carbons (Fsp3) is 0.833. The molecule has 5 nitrogen and oxygen atoms in total. The van der Waals surface area contributed by atoms with E-state index in [1.807, 2.05) is 0 Å². The molecule has 0 heterocycles. The van der Waals surface area contributed by atoms with Crippen molar-refractivity contribution in [2.75, 3.05) is 0 Å². The Kier molecular flexibility index (Phi) is 2.73.